The van der Waals surface area contributed by atoms with Crippen LogP contribution < -0.4 is 0 Å². The molecule has 0 heterocycles. The van der Waals surface area contributed by atoms with Crippen molar-refractivity contribution in [3.05, 3.63) is 59.7 Å². The molecule has 0 aliphatic heterocycles. The Bertz CT molecular complexity index is 427. The van der Waals surface area contributed by atoms with Gasteiger partial charge in [0.05, 0.1) is 0 Å². The number of aryl methyl sites for hydroxylation is 2. The molecule has 0 aromatic heterocycles. The van der Waals surface area contributed by atoms with Crippen molar-refractivity contribution >= 4 is 0 Å². The zero-order valence-corrected chi connectivity index (χ0v) is 8.62. The number of hydrogen-bond donors (Lipinski definition) is 0. The monoisotopic (exact) mass is 182 g/mol. The molecule has 0 nitrogen and oxygen atoms in total. The van der Waals surface area contributed by atoms with Crippen molar-refractivity contribution in [1.82, 2.24) is 0 Å². The zero-order valence-electron chi connectivity index (χ0n) is 8.62. The molecule has 0 N–H and O–H groups in total. The van der Waals surface area contributed by atoms with E-state index in [1.54, 1.807) is 0 Å². The minimum Gasteiger partial charge on any atom is -0.0622 e. The van der Waals surface area contributed by atoms with Crippen molar-refractivity contribution in [2.45, 2.75) is 13.8 Å². The molecule has 0 radical (unpaired) electrons. The first kappa shape index (κ1) is 9.01. The third-order valence-electron chi connectivity index (χ3n) is 2.47. The van der Waals surface area contributed by atoms with Gasteiger partial charge in [-0.1, -0.05) is 54.1 Å². The summed E-state index contributed by atoms with van der Waals surface area (Å²) in [4.78, 5) is 0. The molecule has 0 saturated heterocycles. The quantitative estimate of drug-likeness (QED) is 0.626. The highest BCUT2D eigenvalue weighted by Crippen LogP contribution is 2.23. The summed E-state index contributed by atoms with van der Waals surface area (Å²) >= 11 is 0. The lowest BCUT2D eigenvalue weighted by Crippen LogP contribution is -1.83. The molecule has 2 rings (SSSR count). The molecule has 0 atom stereocenters. The minimum absolute atomic E-state index is 1.30. The molecule has 70 valence electrons. The zero-order chi connectivity index (χ0) is 9.97. The van der Waals surface area contributed by atoms with Gasteiger partial charge in [0, 0.05) is 0 Å². The van der Waals surface area contributed by atoms with Crippen LogP contribution in [0.4, 0.5) is 0 Å². The number of rotatable bonds is 1. The third kappa shape index (κ3) is 1.69. The minimum atomic E-state index is 1.30. The van der Waals surface area contributed by atoms with Gasteiger partial charge in [-0.25, -0.2) is 0 Å². The Labute approximate surface area is 85.2 Å². The Kier molecular flexibility index (Phi) is 2.36. The lowest BCUT2D eigenvalue weighted by atomic mass is 9.99. The Morgan fingerprint density at radius 2 is 1.50 bits per heavy atom. The second-order valence-corrected chi connectivity index (χ2v) is 3.68. The summed E-state index contributed by atoms with van der Waals surface area (Å²) in [6.07, 6.45) is 0. The summed E-state index contributed by atoms with van der Waals surface area (Å²) in [5.41, 5.74) is 5.29. The van der Waals surface area contributed by atoms with Crippen molar-refractivity contribution < 1.29 is 0 Å². The molecule has 0 heteroatoms. The fourth-order valence-electron chi connectivity index (χ4n) is 1.76. The smallest absolute Gasteiger partial charge is 0.0155 e. The molecule has 2 aromatic rings. The fraction of sp³-hybridized carbons (Fsp3) is 0.143. The van der Waals surface area contributed by atoms with Crippen molar-refractivity contribution in [2.24, 2.45) is 0 Å². The van der Waals surface area contributed by atoms with E-state index in [2.05, 4.69) is 56.3 Å². The van der Waals surface area contributed by atoms with Gasteiger partial charge < -0.3 is 0 Å². The molecule has 0 aliphatic carbocycles. The van der Waals surface area contributed by atoms with E-state index in [4.69, 9.17) is 0 Å². The van der Waals surface area contributed by atoms with Crippen LogP contribution in [-0.2, 0) is 0 Å². The fourth-order valence-corrected chi connectivity index (χ4v) is 1.76. The summed E-state index contributed by atoms with van der Waals surface area (Å²) in [5.74, 6) is 0. The van der Waals surface area contributed by atoms with Gasteiger partial charge in [-0.3, -0.25) is 0 Å². The Hall–Kier alpha value is -1.56. The highest BCUT2D eigenvalue weighted by atomic mass is 14.0. The van der Waals surface area contributed by atoms with Crippen LogP contribution in [0.3, 0.4) is 0 Å². The standard InChI is InChI=1S/C14H14/c1-11-8-9-14(12(2)10-11)13-6-4-3-5-7-13/h3-10H,1-2H3. The topological polar surface area (TPSA) is 0 Å². The second-order valence-electron chi connectivity index (χ2n) is 3.68. The Balaban J connectivity index is 2.53. The van der Waals surface area contributed by atoms with Crippen molar-refractivity contribution in [3.8, 4) is 11.1 Å². The van der Waals surface area contributed by atoms with E-state index in [-0.39, 0.29) is 0 Å². The van der Waals surface area contributed by atoms with Crippen LogP contribution in [0.5, 0.6) is 0 Å². The van der Waals surface area contributed by atoms with Gasteiger partial charge >= 0.3 is 0 Å². The largest absolute Gasteiger partial charge is 0.0622 e. The molecular weight excluding hydrogens is 168 g/mol. The predicted molar refractivity (Wildman–Crippen MR) is 61.4 cm³/mol. The van der Waals surface area contributed by atoms with Gasteiger partial charge in [-0.15, -0.1) is 0 Å². The number of hydrogen-bond acceptors (Lipinski definition) is 0. The summed E-state index contributed by atoms with van der Waals surface area (Å²) in [6, 6.07) is 17.1. The van der Waals surface area contributed by atoms with Gasteiger partial charge in [0.2, 0.25) is 0 Å². The van der Waals surface area contributed by atoms with E-state index in [0.29, 0.717) is 0 Å². The van der Waals surface area contributed by atoms with Gasteiger partial charge in [-0.2, -0.15) is 0 Å². The van der Waals surface area contributed by atoms with E-state index in [0.717, 1.165) is 0 Å². The lowest BCUT2D eigenvalue weighted by Gasteiger charge is -2.06. The number of benzene rings is 2. The highest BCUT2D eigenvalue weighted by molar-refractivity contribution is 5.67. The van der Waals surface area contributed by atoms with E-state index >= 15 is 0 Å². The van der Waals surface area contributed by atoms with Crippen LogP contribution >= 0.6 is 0 Å². The van der Waals surface area contributed by atoms with Crippen LogP contribution in [0.15, 0.2) is 48.5 Å². The maximum atomic E-state index is 2.22. The molecule has 0 aliphatic rings. The highest BCUT2D eigenvalue weighted by Gasteiger charge is 1.99. The summed E-state index contributed by atoms with van der Waals surface area (Å²) in [7, 11) is 0. The molecule has 0 saturated carbocycles. The van der Waals surface area contributed by atoms with Crippen LogP contribution in [0.1, 0.15) is 11.1 Å². The molecule has 0 bridgehead atoms. The predicted octanol–water partition coefficient (Wildman–Crippen LogP) is 3.97. The van der Waals surface area contributed by atoms with Crippen LogP contribution in [-0.4, -0.2) is 0 Å². The van der Waals surface area contributed by atoms with Crippen LogP contribution in [0.2, 0.25) is 0 Å². The second kappa shape index (κ2) is 3.67. The molecule has 0 unspecified atom stereocenters. The Morgan fingerprint density at radius 1 is 0.786 bits per heavy atom. The molecule has 0 spiro atoms. The molecule has 14 heavy (non-hydrogen) atoms. The Morgan fingerprint density at radius 3 is 2.14 bits per heavy atom. The molecule has 0 amide bonds. The molecule has 0 fully saturated rings. The van der Waals surface area contributed by atoms with Gasteiger partial charge in [0.1, 0.15) is 0 Å². The first-order valence-corrected chi connectivity index (χ1v) is 4.90. The van der Waals surface area contributed by atoms with E-state index in [1.165, 1.54) is 22.3 Å². The summed E-state index contributed by atoms with van der Waals surface area (Å²) in [6.45, 7) is 4.29. The lowest BCUT2D eigenvalue weighted by molar-refractivity contribution is 1.38. The van der Waals surface area contributed by atoms with Crippen molar-refractivity contribution in [3.63, 3.8) is 0 Å². The normalized spacial score (nSPS) is 10.1. The van der Waals surface area contributed by atoms with Gasteiger partial charge in [0.15, 0.2) is 0 Å². The van der Waals surface area contributed by atoms with Crippen LogP contribution in [0.25, 0.3) is 11.1 Å². The van der Waals surface area contributed by atoms with E-state index in [9.17, 15) is 0 Å². The average Bonchev–Trinajstić information content (AvgIpc) is 2.19. The third-order valence-corrected chi connectivity index (χ3v) is 2.47. The molecule has 2 aromatic carbocycles. The summed E-state index contributed by atoms with van der Waals surface area (Å²) in [5, 5.41) is 0. The van der Waals surface area contributed by atoms with E-state index < -0.39 is 0 Å². The van der Waals surface area contributed by atoms with Crippen molar-refractivity contribution in [2.75, 3.05) is 0 Å². The first-order valence-electron chi connectivity index (χ1n) is 4.90. The van der Waals surface area contributed by atoms with Gasteiger partial charge in [-0.05, 0) is 30.5 Å². The van der Waals surface area contributed by atoms with Crippen molar-refractivity contribution in [1.29, 1.82) is 0 Å². The maximum Gasteiger partial charge on any atom is -0.0155 e. The van der Waals surface area contributed by atoms with Crippen LogP contribution in [0, 0.1) is 13.8 Å². The van der Waals surface area contributed by atoms with E-state index in [1.807, 2.05) is 6.07 Å². The maximum absolute atomic E-state index is 2.22. The summed E-state index contributed by atoms with van der Waals surface area (Å²) < 4.78 is 0. The average molecular weight is 182 g/mol. The SMILES string of the molecule is Cc1ccc(-c2ccccc2)c(C)c1. The molecular formula is C14H14. The first-order chi connectivity index (χ1) is 6.77. The van der Waals surface area contributed by atoms with Gasteiger partial charge in [0.25, 0.3) is 0 Å².